The van der Waals surface area contributed by atoms with Crippen molar-refractivity contribution in [1.29, 1.82) is 0 Å². The largest absolute Gasteiger partial charge is 0.371 e. The van der Waals surface area contributed by atoms with Gasteiger partial charge in [0.2, 0.25) is 0 Å². The molecule has 14 heavy (non-hydrogen) atoms. The lowest BCUT2D eigenvalue weighted by molar-refractivity contribution is -0.000221. The van der Waals surface area contributed by atoms with Crippen LogP contribution in [0, 0.1) is 0 Å². The van der Waals surface area contributed by atoms with E-state index >= 15 is 0 Å². The highest BCUT2D eigenvalue weighted by Gasteiger charge is 2.22. The average Bonchev–Trinajstić information content (AvgIpc) is 2.20. The van der Waals surface area contributed by atoms with E-state index in [2.05, 4.69) is 36.5 Å². The van der Waals surface area contributed by atoms with Crippen molar-refractivity contribution in [3.8, 4) is 0 Å². The Labute approximate surface area is 91.1 Å². The molecule has 2 atom stereocenters. The number of halogens is 1. The number of rotatable bonds is 1. The van der Waals surface area contributed by atoms with Crippen molar-refractivity contribution < 1.29 is 4.74 Å². The lowest BCUT2D eigenvalue weighted by atomic mass is 10.0. The van der Waals surface area contributed by atoms with E-state index < -0.39 is 0 Å². The molecule has 0 amide bonds. The van der Waals surface area contributed by atoms with Crippen LogP contribution in [-0.4, -0.2) is 19.2 Å². The predicted octanol–water partition coefficient (Wildman–Crippen LogP) is 2.16. The van der Waals surface area contributed by atoms with Gasteiger partial charge in [-0.2, -0.15) is 0 Å². The molecule has 1 saturated heterocycles. The van der Waals surface area contributed by atoms with Gasteiger partial charge >= 0.3 is 0 Å². The molecule has 1 fully saturated rings. The van der Waals surface area contributed by atoms with Gasteiger partial charge in [-0.25, -0.2) is 0 Å². The highest BCUT2D eigenvalue weighted by Crippen LogP contribution is 2.22. The molecule has 1 heterocycles. The number of benzene rings is 1. The molecule has 0 aliphatic carbocycles. The molecule has 1 aromatic rings. The van der Waals surface area contributed by atoms with Crippen LogP contribution < -0.4 is 5.32 Å². The maximum Gasteiger partial charge on any atom is 0.0975 e. The van der Waals surface area contributed by atoms with E-state index in [1.165, 1.54) is 5.56 Å². The van der Waals surface area contributed by atoms with Crippen molar-refractivity contribution in [3.63, 3.8) is 0 Å². The molecule has 1 unspecified atom stereocenters. The molecule has 3 heteroatoms. The Kier molecular flexibility index (Phi) is 4.39. The first-order valence-electron chi connectivity index (χ1n) is 4.78. The third kappa shape index (κ3) is 2.47. The minimum absolute atomic E-state index is 0. The average molecular weight is 214 g/mol. The molecule has 0 bridgehead atoms. The summed E-state index contributed by atoms with van der Waals surface area (Å²) in [5.74, 6) is 0. The van der Waals surface area contributed by atoms with Crippen LogP contribution in [0.1, 0.15) is 18.6 Å². The topological polar surface area (TPSA) is 21.3 Å². The van der Waals surface area contributed by atoms with Gasteiger partial charge in [0.1, 0.15) is 0 Å². The maximum absolute atomic E-state index is 5.71. The first kappa shape index (κ1) is 11.5. The Balaban J connectivity index is 0.000000980. The summed E-state index contributed by atoms with van der Waals surface area (Å²) >= 11 is 0. The smallest absolute Gasteiger partial charge is 0.0975 e. The predicted molar refractivity (Wildman–Crippen MR) is 59.8 cm³/mol. The van der Waals surface area contributed by atoms with Crippen molar-refractivity contribution in [2.75, 3.05) is 13.2 Å². The van der Waals surface area contributed by atoms with Crippen LogP contribution >= 0.6 is 12.4 Å². The molecule has 0 spiro atoms. The van der Waals surface area contributed by atoms with Gasteiger partial charge in [0, 0.05) is 12.6 Å². The number of hydrogen-bond acceptors (Lipinski definition) is 2. The monoisotopic (exact) mass is 213 g/mol. The van der Waals surface area contributed by atoms with Gasteiger partial charge in [0.15, 0.2) is 0 Å². The van der Waals surface area contributed by atoms with Crippen LogP contribution in [0.5, 0.6) is 0 Å². The van der Waals surface area contributed by atoms with Crippen LogP contribution in [0.4, 0.5) is 0 Å². The van der Waals surface area contributed by atoms with Gasteiger partial charge in [-0.3, -0.25) is 0 Å². The fourth-order valence-electron chi connectivity index (χ4n) is 1.75. The van der Waals surface area contributed by atoms with Crippen molar-refractivity contribution >= 4 is 12.4 Å². The van der Waals surface area contributed by atoms with Crippen LogP contribution in [0.3, 0.4) is 0 Å². The molecule has 0 aromatic heterocycles. The van der Waals surface area contributed by atoms with E-state index in [0.29, 0.717) is 6.04 Å². The number of morpholine rings is 1. The zero-order chi connectivity index (χ0) is 9.10. The minimum Gasteiger partial charge on any atom is -0.371 e. The summed E-state index contributed by atoms with van der Waals surface area (Å²) in [5.41, 5.74) is 1.27. The Morgan fingerprint density at radius 3 is 2.64 bits per heavy atom. The Morgan fingerprint density at radius 1 is 1.29 bits per heavy atom. The quantitative estimate of drug-likeness (QED) is 0.772. The Hall–Kier alpha value is -0.570. The third-order valence-electron chi connectivity index (χ3n) is 2.45. The summed E-state index contributed by atoms with van der Waals surface area (Å²) in [5, 5.41) is 3.41. The summed E-state index contributed by atoms with van der Waals surface area (Å²) < 4.78 is 5.71. The lowest BCUT2D eigenvalue weighted by Gasteiger charge is -2.30. The summed E-state index contributed by atoms with van der Waals surface area (Å²) in [6, 6.07) is 10.8. The molecule has 1 aliphatic rings. The van der Waals surface area contributed by atoms with E-state index in [-0.39, 0.29) is 18.5 Å². The standard InChI is InChI=1S/C11H15NO.ClH/c1-9-11(13-8-7-12-9)10-5-3-2-4-6-10;/h2-6,9,11-12H,7-8H2,1H3;1H/t9-,11?;/m0./s1. The molecule has 78 valence electrons. The zero-order valence-corrected chi connectivity index (χ0v) is 9.09. The molecular formula is C11H16ClNO. The summed E-state index contributed by atoms with van der Waals surface area (Å²) in [6.07, 6.45) is 0.218. The first-order valence-corrected chi connectivity index (χ1v) is 4.78. The first-order chi connectivity index (χ1) is 6.38. The van der Waals surface area contributed by atoms with Crippen molar-refractivity contribution in [1.82, 2.24) is 5.32 Å². The van der Waals surface area contributed by atoms with E-state index in [9.17, 15) is 0 Å². The molecule has 2 nitrogen and oxygen atoms in total. The van der Waals surface area contributed by atoms with Crippen molar-refractivity contribution in [2.45, 2.75) is 19.1 Å². The van der Waals surface area contributed by atoms with E-state index in [0.717, 1.165) is 13.2 Å². The van der Waals surface area contributed by atoms with Gasteiger partial charge in [-0.1, -0.05) is 30.3 Å². The molecule has 1 N–H and O–H groups in total. The van der Waals surface area contributed by atoms with Crippen LogP contribution in [-0.2, 0) is 4.74 Å². The van der Waals surface area contributed by atoms with Crippen LogP contribution in [0.2, 0.25) is 0 Å². The van der Waals surface area contributed by atoms with Gasteiger partial charge in [0.05, 0.1) is 12.7 Å². The van der Waals surface area contributed by atoms with Gasteiger partial charge in [-0.05, 0) is 12.5 Å². The normalized spacial score (nSPS) is 26.6. The number of hydrogen-bond donors (Lipinski definition) is 1. The number of ether oxygens (including phenoxy) is 1. The molecule has 0 radical (unpaired) electrons. The highest BCUT2D eigenvalue weighted by molar-refractivity contribution is 5.85. The van der Waals surface area contributed by atoms with Gasteiger partial charge in [-0.15, -0.1) is 12.4 Å². The second-order valence-electron chi connectivity index (χ2n) is 3.44. The zero-order valence-electron chi connectivity index (χ0n) is 8.27. The van der Waals surface area contributed by atoms with Crippen molar-refractivity contribution in [3.05, 3.63) is 35.9 Å². The highest BCUT2D eigenvalue weighted by atomic mass is 35.5. The van der Waals surface area contributed by atoms with E-state index in [4.69, 9.17) is 4.74 Å². The second kappa shape index (κ2) is 5.35. The Bertz CT molecular complexity index is 265. The van der Waals surface area contributed by atoms with E-state index in [1.807, 2.05) is 6.07 Å². The molecule has 1 aliphatic heterocycles. The van der Waals surface area contributed by atoms with Gasteiger partial charge < -0.3 is 10.1 Å². The maximum atomic E-state index is 5.71. The fraction of sp³-hybridized carbons (Fsp3) is 0.455. The number of nitrogens with one attached hydrogen (secondary N) is 1. The fourth-order valence-corrected chi connectivity index (χ4v) is 1.75. The third-order valence-corrected chi connectivity index (χ3v) is 2.45. The Morgan fingerprint density at radius 2 is 2.00 bits per heavy atom. The second-order valence-corrected chi connectivity index (χ2v) is 3.44. The summed E-state index contributed by atoms with van der Waals surface area (Å²) in [6.45, 7) is 3.94. The molecule has 0 saturated carbocycles. The molecule has 1 aromatic carbocycles. The summed E-state index contributed by atoms with van der Waals surface area (Å²) in [4.78, 5) is 0. The van der Waals surface area contributed by atoms with Crippen LogP contribution in [0.25, 0.3) is 0 Å². The molecule has 2 rings (SSSR count). The van der Waals surface area contributed by atoms with Crippen molar-refractivity contribution in [2.24, 2.45) is 0 Å². The van der Waals surface area contributed by atoms with E-state index in [1.54, 1.807) is 0 Å². The SMILES string of the molecule is C[C@@H]1NCCOC1c1ccccc1.Cl. The lowest BCUT2D eigenvalue weighted by Crippen LogP contribution is -2.41. The summed E-state index contributed by atoms with van der Waals surface area (Å²) in [7, 11) is 0. The molecular weight excluding hydrogens is 198 g/mol. The van der Waals surface area contributed by atoms with Crippen LogP contribution in [0.15, 0.2) is 30.3 Å². The minimum atomic E-state index is 0. The van der Waals surface area contributed by atoms with Gasteiger partial charge in [0.25, 0.3) is 0 Å².